The molecule has 0 amide bonds. The van der Waals surface area contributed by atoms with Gasteiger partial charge in [0.05, 0.1) is 11.3 Å². The second-order valence-electron chi connectivity index (χ2n) is 6.53. The topological polar surface area (TPSA) is 91.2 Å². The van der Waals surface area contributed by atoms with Gasteiger partial charge in [-0.05, 0) is 40.7 Å². The normalized spacial score (nSPS) is 11.4. The van der Waals surface area contributed by atoms with Crippen molar-refractivity contribution in [3.63, 3.8) is 0 Å². The van der Waals surface area contributed by atoms with E-state index in [1.54, 1.807) is 18.2 Å². The van der Waals surface area contributed by atoms with Crippen LogP contribution in [-0.2, 0) is 6.54 Å². The number of furan rings is 1. The van der Waals surface area contributed by atoms with E-state index in [2.05, 4.69) is 18.9 Å². The van der Waals surface area contributed by atoms with Gasteiger partial charge in [0.1, 0.15) is 18.1 Å². The molecule has 0 spiro atoms. The molecule has 28 heavy (non-hydrogen) atoms. The lowest BCUT2D eigenvalue weighted by molar-refractivity contribution is -0.389. The van der Waals surface area contributed by atoms with Crippen molar-refractivity contribution in [2.75, 3.05) is 0 Å². The van der Waals surface area contributed by atoms with Gasteiger partial charge in [0.2, 0.25) is 0 Å². The highest BCUT2D eigenvalue weighted by atomic mass is 35.5. The Bertz CT molecular complexity index is 1030. The maximum absolute atomic E-state index is 12.3. The number of halogens is 1. The minimum atomic E-state index is -0.644. The Morgan fingerprint density at radius 3 is 2.61 bits per heavy atom. The van der Waals surface area contributed by atoms with Gasteiger partial charge in [-0.1, -0.05) is 49.7 Å². The Balaban J connectivity index is 1.66. The first-order chi connectivity index (χ1) is 13.3. The van der Waals surface area contributed by atoms with E-state index in [4.69, 9.17) is 16.0 Å². The quantitative estimate of drug-likeness (QED) is 0.238. The fourth-order valence-corrected chi connectivity index (χ4v) is 2.83. The number of ketones is 1. The monoisotopic (exact) mass is 399 g/mol. The summed E-state index contributed by atoms with van der Waals surface area (Å²) in [4.78, 5) is 22.4. The Kier molecular flexibility index (Phi) is 5.75. The van der Waals surface area contributed by atoms with Gasteiger partial charge in [-0.2, -0.15) is 4.68 Å². The van der Waals surface area contributed by atoms with Gasteiger partial charge < -0.3 is 14.5 Å². The van der Waals surface area contributed by atoms with E-state index in [1.807, 2.05) is 24.3 Å². The number of nitrogens with zero attached hydrogens (tertiary/aromatic N) is 3. The molecule has 2 aromatic heterocycles. The number of benzene rings is 1. The van der Waals surface area contributed by atoms with Crippen LogP contribution in [0, 0.1) is 10.1 Å². The minimum Gasteiger partial charge on any atom is -0.460 e. The number of hydrogen-bond donors (Lipinski definition) is 0. The van der Waals surface area contributed by atoms with Gasteiger partial charge in [0.15, 0.2) is 10.8 Å². The Morgan fingerprint density at radius 1 is 1.29 bits per heavy atom. The third-order valence-electron chi connectivity index (χ3n) is 4.13. The molecule has 3 aromatic rings. The van der Waals surface area contributed by atoms with Crippen LogP contribution in [-0.4, -0.2) is 20.5 Å². The summed E-state index contributed by atoms with van der Waals surface area (Å²) in [5.41, 5.74) is 1.78. The van der Waals surface area contributed by atoms with Gasteiger partial charge in [-0.15, -0.1) is 0 Å². The summed E-state index contributed by atoms with van der Waals surface area (Å²) >= 11 is 5.78. The van der Waals surface area contributed by atoms with E-state index in [0.29, 0.717) is 23.0 Å². The summed E-state index contributed by atoms with van der Waals surface area (Å²) in [5, 5.41) is 14.6. The van der Waals surface area contributed by atoms with Gasteiger partial charge in [-0.3, -0.25) is 4.79 Å². The molecule has 0 aliphatic rings. The van der Waals surface area contributed by atoms with Gasteiger partial charge in [0, 0.05) is 5.56 Å². The molecule has 0 aliphatic carbocycles. The number of rotatable bonds is 7. The van der Waals surface area contributed by atoms with Gasteiger partial charge in [-0.25, -0.2) is 0 Å². The third kappa shape index (κ3) is 4.55. The van der Waals surface area contributed by atoms with Crippen molar-refractivity contribution in [3.8, 4) is 0 Å². The van der Waals surface area contributed by atoms with Crippen molar-refractivity contribution in [2.24, 2.45) is 0 Å². The highest BCUT2D eigenvalue weighted by molar-refractivity contribution is 6.32. The largest absolute Gasteiger partial charge is 0.460 e. The van der Waals surface area contributed by atoms with Crippen molar-refractivity contribution in [1.82, 2.24) is 9.78 Å². The van der Waals surface area contributed by atoms with E-state index < -0.39 is 10.7 Å². The molecule has 0 fully saturated rings. The molecule has 0 radical (unpaired) electrons. The van der Waals surface area contributed by atoms with Crippen LogP contribution >= 0.6 is 11.6 Å². The summed E-state index contributed by atoms with van der Waals surface area (Å²) in [6.07, 6.45) is 4.39. The summed E-state index contributed by atoms with van der Waals surface area (Å²) in [6, 6.07) is 10.9. The molecule has 0 unspecified atom stereocenters. The Hall–Kier alpha value is -3.19. The predicted molar refractivity (Wildman–Crippen MR) is 106 cm³/mol. The van der Waals surface area contributed by atoms with Crippen LogP contribution in [0.4, 0.5) is 5.82 Å². The molecule has 0 aliphatic heterocycles. The molecule has 2 heterocycles. The number of allylic oxidation sites excluding steroid dienone is 1. The van der Waals surface area contributed by atoms with Crippen LogP contribution in [0.5, 0.6) is 0 Å². The summed E-state index contributed by atoms with van der Waals surface area (Å²) in [6.45, 7) is 4.38. The molecule has 8 heteroatoms. The van der Waals surface area contributed by atoms with Crippen LogP contribution in [0.25, 0.3) is 6.08 Å². The van der Waals surface area contributed by atoms with Crippen molar-refractivity contribution < 1.29 is 14.1 Å². The average Bonchev–Trinajstić information content (AvgIpc) is 3.26. The molecule has 1 aromatic carbocycles. The lowest BCUT2D eigenvalue weighted by atomic mass is 10.0. The maximum atomic E-state index is 12.3. The van der Waals surface area contributed by atoms with E-state index in [0.717, 1.165) is 0 Å². The number of hydrogen-bond acceptors (Lipinski definition) is 5. The van der Waals surface area contributed by atoms with Crippen molar-refractivity contribution in [3.05, 3.63) is 86.5 Å². The molecule has 0 saturated heterocycles. The van der Waals surface area contributed by atoms with Crippen LogP contribution in [0.15, 0.2) is 53.1 Å². The number of carbonyl (C=O) groups is 1. The summed E-state index contributed by atoms with van der Waals surface area (Å²) in [7, 11) is 0. The second-order valence-corrected chi connectivity index (χ2v) is 6.94. The lowest BCUT2D eigenvalue weighted by Gasteiger charge is -2.04. The predicted octanol–water partition coefficient (Wildman–Crippen LogP) is 5.11. The molecule has 144 valence electrons. The molecule has 3 rings (SSSR count). The van der Waals surface area contributed by atoms with Crippen molar-refractivity contribution in [2.45, 2.75) is 26.3 Å². The molecule has 0 N–H and O–H groups in total. The lowest BCUT2D eigenvalue weighted by Crippen LogP contribution is -2.00. The molecule has 0 bridgehead atoms. The first kappa shape index (κ1) is 19.6. The highest BCUT2D eigenvalue weighted by Crippen LogP contribution is 2.22. The fraction of sp³-hybridized carbons (Fsp3) is 0.200. The third-order valence-corrected chi connectivity index (χ3v) is 4.40. The van der Waals surface area contributed by atoms with Crippen LogP contribution in [0.1, 0.15) is 47.2 Å². The molecule has 0 saturated carbocycles. The SMILES string of the molecule is CC(C)c1ccc(C(=O)/C=C/c2ccc(Cn3cc(Cl)c([N+](=O)[O-])n3)o2)cc1. The zero-order valence-corrected chi connectivity index (χ0v) is 16.1. The standard InChI is InChI=1S/C20H18ClN3O4/c1-13(2)14-3-5-15(6-4-14)19(25)10-9-16-7-8-17(28-16)11-23-12-18(21)20(22-23)24(26)27/h3-10,12-13H,11H2,1-2H3/b10-9+. The second kappa shape index (κ2) is 8.22. The smallest absolute Gasteiger partial charge is 0.408 e. The van der Waals surface area contributed by atoms with Crippen LogP contribution in [0.3, 0.4) is 0 Å². The number of nitro groups is 1. The van der Waals surface area contributed by atoms with E-state index in [-0.39, 0.29) is 17.4 Å². The first-order valence-corrected chi connectivity index (χ1v) is 8.99. The van der Waals surface area contributed by atoms with Crippen LogP contribution in [0.2, 0.25) is 5.02 Å². The summed E-state index contributed by atoms with van der Waals surface area (Å²) < 4.78 is 6.95. The Labute approximate surface area is 166 Å². The highest BCUT2D eigenvalue weighted by Gasteiger charge is 2.19. The molecular weight excluding hydrogens is 382 g/mol. The fourth-order valence-electron chi connectivity index (χ4n) is 2.61. The molecular formula is C20H18ClN3O4. The zero-order chi connectivity index (χ0) is 20.3. The molecule has 0 atom stereocenters. The number of carbonyl (C=O) groups excluding carboxylic acids is 1. The van der Waals surface area contributed by atoms with E-state index in [1.165, 1.54) is 22.5 Å². The van der Waals surface area contributed by atoms with Crippen LogP contribution < -0.4 is 0 Å². The average molecular weight is 400 g/mol. The zero-order valence-electron chi connectivity index (χ0n) is 15.3. The van der Waals surface area contributed by atoms with E-state index in [9.17, 15) is 14.9 Å². The molecule has 7 nitrogen and oxygen atoms in total. The van der Waals surface area contributed by atoms with Crippen molar-refractivity contribution in [1.29, 1.82) is 0 Å². The number of aromatic nitrogens is 2. The maximum Gasteiger partial charge on any atom is 0.408 e. The summed E-state index contributed by atoms with van der Waals surface area (Å²) in [5.74, 6) is 0.912. The van der Waals surface area contributed by atoms with Crippen molar-refractivity contribution >= 4 is 29.3 Å². The van der Waals surface area contributed by atoms with Gasteiger partial charge >= 0.3 is 5.82 Å². The Morgan fingerprint density at radius 2 is 2.00 bits per heavy atom. The van der Waals surface area contributed by atoms with E-state index >= 15 is 0 Å². The minimum absolute atomic E-state index is 0.0363. The first-order valence-electron chi connectivity index (χ1n) is 8.62. The van der Waals surface area contributed by atoms with Gasteiger partial charge in [0.25, 0.3) is 0 Å².